The fourth-order valence-electron chi connectivity index (χ4n) is 2.83. The molecule has 0 fully saturated rings. The van der Waals surface area contributed by atoms with Crippen molar-refractivity contribution in [3.63, 3.8) is 0 Å². The summed E-state index contributed by atoms with van der Waals surface area (Å²) in [5, 5.41) is 11.6. The molecule has 158 valence electrons. The average Bonchev–Trinajstić information content (AvgIpc) is 3.12. The second-order valence-electron chi connectivity index (χ2n) is 6.86. The molecule has 0 atom stereocenters. The van der Waals surface area contributed by atoms with Crippen molar-refractivity contribution in [2.45, 2.75) is 24.9 Å². The highest BCUT2D eigenvalue weighted by Gasteiger charge is 2.16. The van der Waals surface area contributed by atoms with E-state index in [1.54, 1.807) is 26.4 Å². The number of nitrogens with one attached hydrogen (secondary N) is 1. The van der Waals surface area contributed by atoms with Gasteiger partial charge < -0.3 is 20.6 Å². The number of benzene rings is 2. The van der Waals surface area contributed by atoms with Gasteiger partial charge in [-0.05, 0) is 41.8 Å². The molecule has 0 saturated carbocycles. The predicted molar refractivity (Wildman–Crippen MR) is 119 cm³/mol. The van der Waals surface area contributed by atoms with Gasteiger partial charge in [0.1, 0.15) is 0 Å². The maximum absolute atomic E-state index is 12.3. The molecular weight excluding hydrogens is 402 g/mol. The summed E-state index contributed by atoms with van der Waals surface area (Å²) in [7, 11) is 3.13. The molecule has 0 aliphatic heterocycles. The minimum Gasteiger partial charge on any atom is -0.493 e. The molecule has 2 aromatic carbocycles. The Labute approximate surface area is 179 Å². The Kier molecular flexibility index (Phi) is 6.83. The van der Waals surface area contributed by atoms with Gasteiger partial charge >= 0.3 is 0 Å². The molecule has 0 spiro atoms. The molecule has 30 heavy (non-hydrogen) atoms. The molecule has 1 aromatic heterocycles. The zero-order chi connectivity index (χ0) is 21.7. The number of aromatic nitrogens is 3. The third-order valence-electron chi connectivity index (χ3n) is 4.50. The monoisotopic (exact) mass is 427 g/mol. The summed E-state index contributed by atoms with van der Waals surface area (Å²) in [6, 6.07) is 13.2. The summed E-state index contributed by atoms with van der Waals surface area (Å²) < 4.78 is 11.9. The lowest BCUT2D eigenvalue weighted by molar-refractivity contribution is -0.113. The van der Waals surface area contributed by atoms with Crippen LogP contribution in [0.4, 0.5) is 5.69 Å². The van der Waals surface area contributed by atoms with Crippen molar-refractivity contribution in [3.05, 3.63) is 48.0 Å². The molecule has 3 aromatic rings. The van der Waals surface area contributed by atoms with E-state index in [-0.39, 0.29) is 11.7 Å². The summed E-state index contributed by atoms with van der Waals surface area (Å²) in [5.41, 5.74) is 2.70. The Bertz CT molecular complexity index is 1020. The average molecular weight is 428 g/mol. The van der Waals surface area contributed by atoms with Crippen LogP contribution in [0.15, 0.2) is 47.6 Å². The smallest absolute Gasteiger partial charge is 0.234 e. The molecule has 3 N–H and O–H groups in total. The van der Waals surface area contributed by atoms with E-state index >= 15 is 0 Å². The van der Waals surface area contributed by atoms with E-state index in [9.17, 15) is 4.79 Å². The summed E-state index contributed by atoms with van der Waals surface area (Å²) in [5.74, 6) is 8.24. The number of thioether (sulfide) groups is 1. The van der Waals surface area contributed by atoms with E-state index in [4.69, 9.17) is 15.3 Å². The topological polar surface area (TPSA) is 104 Å². The van der Waals surface area contributed by atoms with Crippen LogP contribution in [0.1, 0.15) is 25.3 Å². The zero-order valence-electron chi connectivity index (χ0n) is 17.4. The van der Waals surface area contributed by atoms with Crippen molar-refractivity contribution in [3.8, 4) is 22.9 Å². The first kappa shape index (κ1) is 21.5. The standard InChI is InChI=1S/C21H25N5O3S/c1-13(2)14-5-8-16(9-6-14)23-19(27)12-30-21-25-24-20(26(21)22)15-7-10-17(28-3)18(11-15)29-4/h5-11,13H,12,22H2,1-4H3,(H,23,27). The van der Waals surface area contributed by atoms with E-state index in [1.165, 1.54) is 22.0 Å². The molecule has 0 aliphatic carbocycles. The van der Waals surface area contributed by atoms with Gasteiger partial charge in [-0.15, -0.1) is 10.2 Å². The quantitative estimate of drug-likeness (QED) is 0.418. The lowest BCUT2D eigenvalue weighted by Crippen LogP contribution is -2.16. The first-order valence-electron chi connectivity index (χ1n) is 9.38. The van der Waals surface area contributed by atoms with Gasteiger partial charge in [0.25, 0.3) is 0 Å². The van der Waals surface area contributed by atoms with Crippen molar-refractivity contribution in [1.82, 2.24) is 14.9 Å². The number of nitrogens with zero attached hydrogens (tertiary/aromatic N) is 3. The highest BCUT2D eigenvalue weighted by molar-refractivity contribution is 7.99. The van der Waals surface area contributed by atoms with Crippen LogP contribution in [0.3, 0.4) is 0 Å². The van der Waals surface area contributed by atoms with Crippen molar-refractivity contribution in [1.29, 1.82) is 0 Å². The second-order valence-corrected chi connectivity index (χ2v) is 7.80. The molecule has 0 unspecified atom stereocenters. The fourth-order valence-corrected chi connectivity index (χ4v) is 3.48. The highest BCUT2D eigenvalue weighted by atomic mass is 32.2. The molecule has 9 heteroatoms. The Morgan fingerprint density at radius 1 is 1.10 bits per heavy atom. The summed E-state index contributed by atoms with van der Waals surface area (Å²) >= 11 is 1.21. The molecule has 8 nitrogen and oxygen atoms in total. The molecule has 1 heterocycles. The van der Waals surface area contributed by atoms with Gasteiger partial charge in [0.05, 0.1) is 20.0 Å². The number of rotatable bonds is 8. The predicted octanol–water partition coefficient (Wildman–Crippen LogP) is 3.53. The van der Waals surface area contributed by atoms with Crippen LogP contribution in [-0.4, -0.2) is 40.8 Å². The number of amides is 1. The third-order valence-corrected chi connectivity index (χ3v) is 5.44. The molecule has 0 bridgehead atoms. The van der Waals surface area contributed by atoms with E-state index in [1.807, 2.05) is 30.3 Å². The maximum Gasteiger partial charge on any atom is 0.234 e. The van der Waals surface area contributed by atoms with Crippen LogP contribution < -0.4 is 20.6 Å². The Balaban J connectivity index is 1.64. The summed E-state index contributed by atoms with van der Waals surface area (Å²) in [6.45, 7) is 4.26. The van der Waals surface area contributed by atoms with E-state index in [0.717, 1.165) is 11.3 Å². The van der Waals surface area contributed by atoms with E-state index in [0.29, 0.717) is 28.4 Å². The number of hydrogen-bond donors (Lipinski definition) is 2. The molecule has 0 aliphatic rings. The number of nitrogens with two attached hydrogens (primary N) is 1. The number of methoxy groups -OCH3 is 2. The minimum atomic E-state index is -0.145. The number of anilines is 1. The van der Waals surface area contributed by atoms with Gasteiger partial charge in [-0.2, -0.15) is 0 Å². The van der Waals surface area contributed by atoms with Gasteiger partial charge in [0.15, 0.2) is 17.3 Å². The fraction of sp³-hybridized carbons (Fsp3) is 0.286. The largest absolute Gasteiger partial charge is 0.493 e. The van der Waals surface area contributed by atoms with Crippen molar-refractivity contribution >= 4 is 23.4 Å². The lowest BCUT2D eigenvalue weighted by atomic mass is 10.0. The van der Waals surface area contributed by atoms with Gasteiger partial charge in [0, 0.05) is 11.3 Å². The van der Waals surface area contributed by atoms with Crippen LogP contribution >= 0.6 is 11.8 Å². The van der Waals surface area contributed by atoms with Crippen LogP contribution in [0.5, 0.6) is 11.5 Å². The normalized spacial score (nSPS) is 10.8. The lowest BCUT2D eigenvalue weighted by Gasteiger charge is -2.09. The van der Waals surface area contributed by atoms with Crippen LogP contribution in [0.2, 0.25) is 0 Å². The molecule has 3 rings (SSSR count). The van der Waals surface area contributed by atoms with Gasteiger partial charge in [-0.1, -0.05) is 37.7 Å². The molecule has 1 amide bonds. The summed E-state index contributed by atoms with van der Waals surface area (Å²) in [6.07, 6.45) is 0. The SMILES string of the molecule is COc1ccc(-c2nnc(SCC(=O)Nc3ccc(C(C)C)cc3)n2N)cc1OC. The third kappa shape index (κ3) is 4.85. The number of carbonyl (C=O) groups is 1. The Hall–Kier alpha value is -3.20. The zero-order valence-corrected chi connectivity index (χ0v) is 18.2. The van der Waals surface area contributed by atoms with Crippen molar-refractivity contribution < 1.29 is 14.3 Å². The van der Waals surface area contributed by atoms with Crippen LogP contribution in [0.25, 0.3) is 11.4 Å². The van der Waals surface area contributed by atoms with E-state index < -0.39 is 0 Å². The van der Waals surface area contributed by atoms with Gasteiger partial charge in [0.2, 0.25) is 11.1 Å². The Morgan fingerprint density at radius 2 is 1.80 bits per heavy atom. The number of nitrogen functional groups attached to an aromatic ring is 1. The van der Waals surface area contributed by atoms with Crippen LogP contribution in [0, 0.1) is 0 Å². The minimum absolute atomic E-state index is 0.145. The molecule has 0 saturated heterocycles. The summed E-state index contributed by atoms with van der Waals surface area (Å²) in [4.78, 5) is 12.3. The first-order chi connectivity index (χ1) is 14.4. The van der Waals surface area contributed by atoms with Crippen molar-refractivity contribution in [2.24, 2.45) is 0 Å². The number of ether oxygens (including phenoxy) is 2. The Morgan fingerprint density at radius 3 is 2.43 bits per heavy atom. The number of carbonyl (C=O) groups excluding carboxylic acids is 1. The van der Waals surface area contributed by atoms with Crippen molar-refractivity contribution in [2.75, 3.05) is 31.1 Å². The molecular formula is C21H25N5O3S. The first-order valence-corrected chi connectivity index (χ1v) is 10.4. The van der Waals surface area contributed by atoms with Gasteiger partial charge in [-0.25, -0.2) is 4.68 Å². The molecule has 0 radical (unpaired) electrons. The van der Waals surface area contributed by atoms with Gasteiger partial charge in [-0.3, -0.25) is 4.79 Å². The maximum atomic E-state index is 12.3. The van der Waals surface area contributed by atoms with E-state index in [2.05, 4.69) is 29.4 Å². The second kappa shape index (κ2) is 9.53. The highest BCUT2D eigenvalue weighted by Crippen LogP contribution is 2.32. The number of hydrogen-bond acceptors (Lipinski definition) is 7. The van der Waals surface area contributed by atoms with Crippen LogP contribution in [-0.2, 0) is 4.79 Å².